The van der Waals surface area contributed by atoms with Gasteiger partial charge in [0.15, 0.2) is 5.82 Å². The maximum atomic E-state index is 13.4. The van der Waals surface area contributed by atoms with Crippen LogP contribution in [0.15, 0.2) is 40.2 Å². The highest BCUT2D eigenvalue weighted by molar-refractivity contribution is 7.89. The summed E-state index contributed by atoms with van der Waals surface area (Å²) in [5, 5.41) is 18.2. The van der Waals surface area contributed by atoms with Gasteiger partial charge in [0.25, 0.3) is 5.56 Å². The lowest BCUT2D eigenvalue weighted by Gasteiger charge is -2.40. The molecular weight excluding hydrogens is 492 g/mol. The van der Waals surface area contributed by atoms with Crippen molar-refractivity contribution in [1.29, 1.82) is 5.26 Å². The fourth-order valence-corrected chi connectivity index (χ4v) is 8.07. The molecule has 11 heteroatoms. The van der Waals surface area contributed by atoms with E-state index < -0.39 is 15.6 Å². The summed E-state index contributed by atoms with van der Waals surface area (Å²) in [4.78, 5) is 15.9. The Kier molecular flexibility index (Phi) is 5.86. The van der Waals surface area contributed by atoms with E-state index in [2.05, 4.69) is 16.4 Å². The fourth-order valence-electron chi connectivity index (χ4n) is 6.06. The van der Waals surface area contributed by atoms with Crippen molar-refractivity contribution in [2.75, 3.05) is 18.5 Å². The molecule has 3 aromatic rings. The monoisotopic (exact) mass is 522 g/mol. The molecule has 0 amide bonds. The highest BCUT2D eigenvalue weighted by Gasteiger charge is 2.46. The number of rotatable bonds is 4. The normalized spacial score (nSPS) is 25.0. The van der Waals surface area contributed by atoms with E-state index in [4.69, 9.17) is 9.84 Å². The second-order valence-corrected chi connectivity index (χ2v) is 12.3. The van der Waals surface area contributed by atoms with E-state index in [0.29, 0.717) is 65.5 Å². The van der Waals surface area contributed by atoms with E-state index in [9.17, 15) is 18.5 Å². The lowest BCUT2D eigenvalue weighted by molar-refractivity contribution is 0.0138. The second kappa shape index (κ2) is 8.97. The Morgan fingerprint density at radius 3 is 2.78 bits per heavy atom. The average Bonchev–Trinajstić information content (AvgIpc) is 3.39. The van der Waals surface area contributed by atoms with Gasteiger partial charge >= 0.3 is 0 Å². The Labute approximate surface area is 215 Å². The molecule has 2 N–H and O–H groups in total. The summed E-state index contributed by atoms with van der Waals surface area (Å²) in [6, 6.07) is 9.32. The molecule has 0 unspecified atom stereocenters. The van der Waals surface area contributed by atoms with Crippen molar-refractivity contribution >= 4 is 32.4 Å². The zero-order chi connectivity index (χ0) is 25.8. The SMILES string of the molecule is CC1(N2Cc3cc(Nc4nn([C@H]5CCCC[C@@H]5C#N)c5cc[nH]c(=O)c45)ccc3S2(=O)=O)CCOCC1. The van der Waals surface area contributed by atoms with Crippen LogP contribution in [-0.2, 0) is 21.3 Å². The number of nitriles is 1. The Balaban J connectivity index is 1.36. The molecule has 37 heavy (non-hydrogen) atoms. The van der Waals surface area contributed by atoms with E-state index in [0.717, 1.165) is 25.7 Å². The quantitative estimate of drug-likeness (QED) is 0.532. The molecule has 6 rings (SSSR count). The lowest BCUT2D eigenvalue weighted by Crippen LogP contribution is -2.49. The molecular formula is C26H30N6O4S. The highest BCUT2D eigenvalue weighted by Crippen LogP contribution is 2.41. The van der Waals surface area contributed by atoms with E-state index in [-0.39, 0.29) is 17.5 Å². The summed E-state index contributed by atoms with van der Waals surface area (Å²) >= 11 is 0. The van der Waals surface area contributed by atoms with E-state index >= 15 is 0 Å². The van der Waals surface area contributed by atoms with Gasteiger partial charge in [-0.1, -0.05) is 12.8 Å². The molecule has 2 aliphatic heterocycles. The van der Waals surface area contributed by atoms with Crippen LogP contribution in [0.4, 0.5) is 11.5 Å². The minimum Gasteiger partial charge on any atom is -0.381 e. The van der Waals surface area contributed by atoms with Crippen molar-refractivity contribution < 1.29 is 13.2 Å². The summed E-state index contributed by atoms with van der Waals surface area (Å²) in [6.45, 7) is 3.38. The van der Waals surface area contributed by atoms with Crippen molar-refractivity contribution in [1.82, 2.24) is 19.1 Å². The van der Waals surface area contributed by atoms with E-state index in [1.807, 2.05) is 23.7 Å². The minimum atomic E-state index is -3.61. The third kappa shape index (κ3) is 3.95. The number of anilines is 2. The van der Waals surface area contributed by atoms with Crippen LogP contribution in [0.1, 0.15) is 57.1 Å². The van der Waals surface area contributed by atoms with Crippen molar-refractivity contribution in [3.63, 3.8) is 0 Å². The number of hydrogen-bond acceptors (Lipinski definition) is 7. The maximum Gasteiger partial charge on any atom is 0.261 e. The molecule has 4 heterocycles. The van der Waals surface area contributed by atoms with E-state index in [1.54, 1.807) is 22.6 Å². The van der Waals surface area contributed by atoms with Gasteiger partial charge in [0.1, 0.15) is 5.39 Å². The molecule has 1 aromatic carbocycles. The van der Waals surface area contributed by atoms with Gasteiger partial charge < -0.3 is 15.0 Å². The van der Waals surface area contributed by atoms with Crippen molar-refractivity contribution in [2.24, 2.45) is 5.92 Å². The number of H-pyrrole nitrogens is 1. The van der Waals surface area contributed by atoms with Gasteiger partial charge in [-0.3, -0.25) is 9.48 Å². The number of aromatic nitrogens is 3. The van der Waals surface area contributed by atoms with E-state index in [1.165, 1.54) is 0 Å². The molecule has 2 atom stereocenters. The Morgan fingerprint density at radius 1 is 1.22 bits per heavy atom. The van der Waals surface area contributed by atoms with Gasteiger partial charge in [-0.05, 0) is 62.4 Å². The molecule has 1 saturated carbocycles. The van der Waals surface area contributed by atoms with Gasteiger partial charge in [-0.25, -0.2) is 8.42 Å². The van der Waals surface area contributed by atoms with Crippen molar-refractivity contribution in [2.45, 2.75) is 68.5 Å². The average molecular weight is 523 g/mol. The topological polar surface area (TPSA) is 133 Å². The first-order chi connectivity index (χ1) is 17.8. The van der Waals surface area contributed by atoms with Crippen LogP contribution in [0, 0.1) is 17.2 Å². The van der Waals surface area contributed by atoms with Crippen molar-refractivity contribution in [3.8, 4) is 6.07 Å². The van der Waals surface area contributed by atoms with Gasteiger partial charge in [0.2, 0.25) is 10.0 Å². The van der Waals surface area contributed by atoms with Gasteiger partial charge in [-0.2, -0.15) is 14.7 Å². The third-order valence-corrected chi connectivity index (χ3v) is 10.3. The number of hydrogen-bond donors (Lipinski definition) is 2. The standard InChI is InChI=1S/C26H30N6O4S/c1-26(9-12-36-13-10-26)31-16-18-14-19(6-7-22(18)37(31,34)35)29-24-23-21(8-11-28-25(23)33)32(30-24)20-5-3-2-4-17(20)15-27/h6-8,11,14,17,20H,2-5,9-10,12-13,16H2,1H3,(H,28,33)(H,29,30)/t17-,20+/m1/s1. The van der Waals surface area contributed by atoms with Crippen LogP contribution in [0.2, 0.25) is 0 Å². The number of aromatic amines is 1. The van der Waals surface area contributed by atoms with Crippen LogP contribution in [-0.4, -0.2) is 46.2 Å². The number of ether oxygens (including phenoxy) is 1. The number of nitrogens with zero attached hydrogens (tertiary/aromatic N) is 4. The number of nitrogens with one attached hydrogen (secondary N) is 2. The van der Waals surface area contributed by atoms with Crippen LogP contribution < -0.4 is 10.9 Å². The molecule has 10 nitrogen and oxygen atoms in total. The van der Waals surface area contributed by atoms with Gasteiger partial charge in [0, 0.05) is 37.2 Å². The van der Waals surface area contributed by atoms with Crippen LogP contribution >= 0.6 is 0 Å². The van der Waals surface area contributed by atoms with Crippen LogP contribution in [0.5, 0.6) is 0 Å². The molecule has 194 valence electrons. The van der Waals surface area contributed by atoms with Crippen LogP contribution in [0.25, 0.3) is 10.9 Å². The molecule has 0 radical (unpaired) electrons. The minimum absolute atomic E-state index is 0.0995. The number of sulfonamides is 1. The molecule has 0 spiro atoms. The first-order valence-electron chi connectivity index (χ1n) is 12.8. The molecule has 0 bridgehead atoms. The largest absolute Gasteiger partial charge is 0.381 e. The Hall–Kier alpha value is -3.20. The number of pyridine rings is 1. The molecule has 2 aromatic heterocycles. The Bertz CT molecular complexity index is 1560. The zero-order valence-corrected chi connectivity index (χ0v) is 21.6. The lowest BCUT2D eigenvalue weighted by atomic mass is 9.85. The van der Waals surface area contributed by atoms with Crippen LogP contribution in [0.3, 0.4) is 0 Å². The zero-order valence-electron chi connectivity index (χ0n) is 20.7. The summed E-state index contributed by atoms with van der Waals surface area (Å²) < 4.78 is 35.7. The third-order valence-electron chi connectivity index (χ3n) is 8.22. The summed E-state index contributed by atoms with van der Waals surface area (Å²) in [5.41, 5.74) is 1.30. The first-order valence-corrected chi connectivity index (χ1v) is 14.3. The van der Waals surface area contributed by atoms with Crippen molar-refractivity contribution in [3.05, 3.63) is 46.4 Å². The van der Waals surface area contributed by atoms with Gasteiger partial charge in [0.05, 0.1) is 28.4 Å². The number of benzene rings is 1. The summed E-state index contributed by atoms with van der Waals surface area (Å²) in [5.74, 6) is 0.236. The predicted molar refractivity (Wildman–Crippen MR) is 138 cm³/mol. The molecule has 1 aliphatic carbocycles. The molecule has 1 saturated heterocycles. The molecule has 3 aliphatic rings. The number of fused-ring (bicyclic) bond motifs is 2. The smallest absolute Gasteiger partial charge is 0.261 e. The second-order valence-electron chi connectivity index (χ2n) is 10.5. The fraction of sp³-hybridized carbons (Fsp3) is 0.500. The molecule has 2 fully saturated rings. The first kappa shape index (κ1) is 24.2. The summed E-state index contributed by atoms with van der Waals surface area (Å²) in [6.07, 6.45) is 6.58. The van der Waals surface area contributed by atoms with Gasteiger partial charge in [-0.15, -0.1) is 0 Å². The highest BCUT2D eigenvalue weighted by atomic mass is 32.2. The maximum absolute atomic E-state index is 13.4. The predicted octanol–water partition coefficient (Wildman–Crippen LogP) is 3.80. The summed E-state index contributed by atoms with van der Waals surface area (Å²) in [7, 11) is -3.61. The Morgan fingerprint density at radius 2 is 2.00 bits per heavy atom.